The fraction of sp³-hybridized carbons (Fsp3) is 1.00. The molecule has 0 saturated heterocycles. The second-order valence-electron chi connectivity index (χ2n) is 1.56. The number of hydrogen-bond donors (Lipinski definition) is 1. The first-order valence-corrected chi connectivity index (χ1v) is 1.47. The summed E-state index contributed by atoms with van der Waals surface area (Å²) in [5.74, 6) is -1.25. The molecule has 2 nitrogen and oxygen atoms in total. The standard InChI is InChI=1S/C3H8O2/c1-3(2,4)5/h4-5H,1-2H3/p+1. The number of hydrogen-bond acceptors (Lipinski definition) is 1. The SMILES string of the molecule is CC(C)(O)[OH2+]. The monoisotopic (exact) mass is 77.1 g/mol. The second-order valence-corrected chi connectivity index (χ2v) is 1.56. The van der Waals surface area contributed by atoms with Gasteiger partial charge in [0.1, 0.15) is 0 Å². The van der Waals surface area contributed by atoms with Gasteiger partial charge in [0.25, 0.3) is 5.79 Å². The van der Waals surface area contributed by atoms with Gasteiger partial charge in [-0.2, -0.15) is 0 Å². The maximum Gasteiger partial charge on any atom is 0.264 e. The zero-order valence-electron chi connectivity index (χ0n) is 3.45. The zero-order chi connectivity index (χ0) is 4.50. The lowest BCUT2D eigenvalue weighted by molar-refractivity contribution is -0.127. The Morgan fingerprint density at radius 1 is 1.60 bits per heavy atom. The molecule has 32 valence electrons. The summed E-state index contributed by atoms with van der Waals surface area (Å²) in [7, 11) is 0. The lowest BCUT2D eigenvalue weighted by Crippen LogP contribution is -2.15. The summed E-state index contributed by atoms with van der Waals surface area (Å²) in [5, 5.41) is 14.7. The molecule has 0 aromatic carbocycles. The second kappa shape index (κ2) is 0.954. The molecular weight excluding hydrogens is 68.0 g/mol. The third kappa shape index (κ3) is 2260. The van der Waals surface area contributed by atoms with Crippen molar-refractivity contribution < 1.29 is 10.2 Å². The van der Waals surface area contributed by atoms with E-state index in [1.165, 1.54) is 13.8 Å². The van der Waals surface area contributed by atoms with Crippen molar-refractivity contribution in [3.05, 3.63) is 0 Å². The molecule has 0 bridgehead atoms. The van der Waals surface area contributed by atoms with Crippen LogP contribution in [0.4, 0.5) is 0 Å². The van der Waals surface area contributed by atoms with Crippen LogP contribution in [0.25, 0.3) is 0 Å². The maximum absolute atomic E-state index is 8.19. The summed E-state index contributed by atoms with van der Waals surface area (Å²) in [6, 6.07) is 0. The van der Waals surface area contributed by atoms with E-state index in [4.69, 9.17) is 10.2 Å². The van der Waals surface area contributed by atoms with Gasteiger partial charge in [0.05, 0.1) is 0 Å². The molecule has 2 heteroatoms. The first-order valence-electron chi connectivity index (χ1n) is 1.47. The molecule has 0 spiro atoms. The van der Waals surface area contributed by atoms with Crippen molar-refractivity contribution in [2.75, 3.05) is 0 Å². The van der Waals surface area contributed by atoms with Gasteiger partial charge in [-0.3, -0.25) is 0 Å². The lowest BCUT2D eigenvalue weighted by atomic mass is 10.4. The van der Waals surface area contributed by atoms with Gasteiger partial charge in [-0.25, -0.2) is 0 Å². The first-order chi connectivity index (χ1) is 2.00. The van der Waals surface area contributed by atoms with E-state index in [1.54, 1.807) is 0 Å². The number of aliphatic hydroxyl groups is 1. The molecule has 0 amide bonds. The van der Waals surface area contributed by atoms with Crippen LogP contribution in [0, 0.1) is 0 Å². The molecule has 0 radical (unpaired) electrons. The fourth-order valence-corrected chi connectivity index (χ4v) is 0. The molecule has 0 unspecified atom stereocenters. The Labute approximate surface area is 31.1 Å². The van der Waals surface area contributed by atoms with Crippen LogP contribution in [0.2, 0.25) is 0 Å². The average molecular weight is 77.1 g/mol. The molecule has 0 aromatic rings. The minimum Gasteiger partial charge on any atom is -0.420 e. The van der Waals surface area contributed by atoms with Gasteiger partial charge in [-0.15, -0.1) is 0 Å². The van der Waals surface area contributed by atoms with Crippen LogP contribution in [-0.4, -0.2) is 16.0 Å². The minimum absolute atomic E-state index is 1.25. The Bertz CT molecular complexity index is 20.4. The summed E-state index contributed by atoms with van der Waals surface area (Å²) in [4.78, 5) is 0. The number of rotatable bonds is 0. The van der Waals surface area contributed by atoms with Crippen molar-refractivity contribution >= 4 is 0 Å². The molecule has 0 atom stereocenters. The van der Waals surface area contributed by atoms with Crippen molar-refractivity contribution in [1.29, 1.82) is 0 Å². The summed E-state index contributed by atoms with van der Waals surface area (Å²) in [6.45, 7) is 2.82. The van der Waals surface area contributed by atoms with Gasteiger partial charge in [-0.05, 0) is 0 Å². The maximum atomic E-state index is 8.19. The van der Waals surface area contributed by atoms with Crippen LogP contribution in [0.5, 0.6) is 0 Å². The van der Waals surface area contributed by atoms with Crippen molar-refractivity contribution in [3.8, 4) is 0 Å². The molecule has 0 aromatic heterocycles. The summed E-state index contributed by atoms with van der Waals surface area (Å²) in [6.07, 6.45) is 0. The van der Waals surface area contributed by atoms with Crippen LogP contribution in [0.1, 0.15) is 13.8 Å². The molecule has 0 aliphatic rings. The lowest BCUT2D eigenvalue weighted by Gasteiger charge is -1.97. The van der Waals surface area contributed by atoms with E-state index >= 15 is 0 Å². The Hall–Kier alpha value is -0.0800. The topological polar surface area (TPSA) is 43.1 Å². The van der Waals surface area contributed by atoms with Crippen LogP contribution in [0.3, 0.4) is 0 Å². The van der Waals surface area contributed by atoms with Gasteiger partial charge in [0, 0.05) is 13.8 Å². The summed E-state index contributed by atoms with van der Waals surface area (Å²) in [5.41, 5.74) is 0. The summed E-state index contributed by atoms with van der Waals surface area (Å²) < 4.78 is 0. The highest BCUT2D eigenvalue weighted by atomic mass is 16.5. The quantitative estimate of drug-likeness (QED) is 0.305. The van der Waals surface area contributed by atoms with Gasteiger partial charge in [-0.1, -0.05) is 0 Å². The van der Waals surface area contributed by atoms with Gasteiger partial charge >= 0.3 is 0 Å². The van der Waals surface area contributed by atoms with Gasteiger partial charge in [0.2, 0.25) is 0 Å². The molecule has 0 saturated carbocycles. The van der Waals surface area contributed by atoms with Crippen LogP contribution >= 0.6 is 0 Å². The van der Waals surface area contributed by atoms with Crippen LogP contribution in [-0.2, 0) is 0 Å². The molecule has 5 heavy (non-hydrogen) atoms. The normalized spacial score (nSPS) is 12.0. The van der Waals surface area contributed by atoms with E-state index in [9.17, 15) is 0 Å². The average Bonchev–Trinajstić information content (AvgIpc) is 0.722. The highest BCUT2D eigenvalue weighted by Gasteiger charge is 2.07. The molecule has 0 aliphatic carbocycles. The molecule has 0 aliphatic heterocycles. The minimum atomic E-state index is -1.25. The zero-order valence-corrected chi connectivity index (χ0v) is 3.45. The van der Waals surface area contributed by atoms with E-state index in [0.717, 1.165) is 0 Å². The van der Waals surface area contributed by atoms with E-state index in [0.29, 0.717) is 0 Å². The van der Waals surface area contributed by atoms with Crippen molar-refractivity contribution in [1.82, 2.24) is 0 Å². The molecule has 3 N–H and O–H groups in total. The highest BCUT2D eigenvalue weighted by Crippen LogP contribution is 1.88. The van der Waals surface area contributed by atoms with Gasteiger partial charge < -0.3 is 10.2 Å². The van der Waals surface area contributed by atoms with E-state index in [1.807, 2.05) is 0 Å². The van der Waals surface area contributed by atoms with Crippen LogP contribution in [0.15, 0.2) is 0 Å². The Morgan fingerprint density at radius 2 is 1.60 bits per heavy atom. The van der Waals surface area contributed by atoms with Crippen molar-refractivity contribution in [2.24, 2.45) is 0 Å². The van der Waals surface area contributed by atoms with E-state index in [-0.39, 0.29) is 0 Å². The first kappa shape index (κ1) is 4.92. The van der Waals surface area contributed by atoms with E-state index < -0.39 is 5.79 Å². The Balaban J connectivity index is 3.02. The molecular formula is C3H9O2+. The third-order valence-corrected chi connectivity index (χ3v) is 0. The van der Waals surface area contributed by atoms with Gasteiger partial charge in [0.15, 0.2) is 0 Å². The summed E-state index contributed by atoms with van der Waals surface area (Å²) >= 11 is 0. The van der Waals surface area contributed by atoms with Crippen molar-refractivity contribution in [3.63, 3.8) is 0 Å². The molecule has 0 heterocycles. The van der Waals surface area contributed by atoms with E-state index in [2.05, 4.69) is 0 Å². The predicted molar refractivity (Wildman–Crippen MR) is 19.9 cm³/mol. The fourth-order valence-electron chi connectivity index (χ4n) is 0. The largest absolute Gasteiger partial charge is 0.420 e. The third-order valence-electron chi connectivity index (χ3n) is 0. The Morgan fingerprint density at radius 3 is 1.60 bits per heavy atom. The molecule has 0 rings (SSSR count). The van der Waals surface area contributed by atoms with Crippen molar-refractivity contribution in [2.45, 2.75) is 19.6 Å². The highest BCUT2D eigenvalue weighted by molar-refractivity contribution is 4.37. The predicted octanol–water partition coefficient (Wildman–Crippen LogP) is -0.561. The Kier molecular flexibility index (Phi) is 0.938. The smallest absolute Gasteiger partial charge is 0.264 e. The van der Waals surface area contributed by atoms with Crippen LogP contribution < -0.4 is 0 Å². The molecule has 0 fully saturated rings.